The fraction of sp³-hybridized carbons (Fsp3) is 0.815. The number of rotatable bonds is 47. The van der Waals surface area contributed by atoms with Crippen molar-refractivity contribution < 1.29 is 37.3 Å². The Balaban J connectivity index is 5.47. The molecule has 0 rings (SSSR count). The number of phosphoric acid groups is 1. The van der Waals surface area contributed by atoms with Gasteiger partial charge in [0.15, 0.2) is 0 Å². The standard InChI is InChI=1S/C54H101N2O7P/c1-7-10-13-16-19-22-25-27-29-32-34-37-40-43-46-53(57)55-51(50-62-64(59,60)61-49-48-56(4,5)6)52(45-42-39-36-33-31-28-26-23-20-17-14-11-8-2)63-54(58)47-44-41-38-35-30-24-21-18-15-12-9-3/h10,13,19,22,27,29,42,45,51-52H,7-9,11-12,14-18,20-21,23-26,28,30-41,43-44,46-50H2,1-6H3,(H-,55,57,59,60)/p+1/b13-10+,22-19+,29-27+,45-42+. The van der Waals surface area contributed by atoms with Gasteiger partial charge >= 0.3 is 13.8 Å². The van der Waals surface area contributed by atoms with Crippen molar-refractivity contribution in [2.75, 3.05) is 40.9 Å². The zero-order valence-electron chi connectivity index (χ0n) is 42.5. The molecule has 3 unspecified atom stereocenters. The van der Waals surface area contributed by atoms with Gasteiger partial charge in [-0.1, -0.05) is 205 Å². The number of hydrogen-bond acceptors (Lipinski definition) is 6. The Kier molecular flexibility index (Phi) is 43.4. The minimum Gasteiger partial charge on any atom is -0.456 e. The van der Waals surface area contributed by atoms with E-state index in [-0.39, 0.29) is 31.5 Å². The number of ether oxygens (including phenoxy) is 1. The van der Waals surface area contributed by atoms with Crippen LogP contribution in [0, 0.1) is 0 Å². The Hall–Kier alpha value is -2.03. The number of allylic oxidation sites excluding steroid dienone is 7. The predicted molar refractivity (Wildman–Crippen MR) is 272 cm³/mol. The predicted octanol–water partition coefficient (Wildman–Crippen LogP) is 15.4. The maximum atomic E-state index is 13.4. The minimum absolute atomic E-state index is 0.0360. The molecule has 3 atom stereocenters. The molecule has 0 aromatic rings. The highest BCUT2D eigenvalue weighted by Gasteiger charge is 2.30. The smallest absolute Gasteiger partial charge is 0.456 e. The van der Waals surface area contributed by atoms with Crippen LogP contribution in [0.1, 0.15) is 233 Å². The monoisotopic (exact) mass is 922 g/mol. The van der Waals surface area contributed by atoms with Crippen LogP contribution in [0.15, 0.2) is 48.6 Å². The number of carbonyl (C=O) groups excluding carboxylic acids is 2. The molecule has 0 aromatic heterocycles. The second kappa shape index (κ2) is 44.8. The summed E-state index contributed by atoms with van der Waals surface area (Å²) in [5.41, 5.74) is 0. The van der Waals surface area contributed by atoms with Crippen LogP contribution in [-0.2, 0) is 27.9 Å². The van der Waals surface area contributed by atoms with Crippen molar-refractivity contribution in [2.24, 2.45) is 0 Å². The number of unbranched alkanes of at least 4 members (excludes halogenated alkanes) is 25. The summed E-state index contributed by atoms with van der Waals surface area (Å²) < 4.78 is 30.5. The first kappa shape index (κ1) is 62.0. The molecule has 0 saturated carbocycles. The van der Waals surface area contributed by atoms with Gasteiger partial charge in [0.05, 0.1) is 33.8 Å². The van der Waals surface area contributed by atoms with Gasteiger partial charge in [-0.05, 0) is 63.9 Å². The lowest BCUT2D eigenvalue weighted by molar-refractivity contribution is -0.870. The van der Waals surface area contributed by atoms with Crippen molar-refractivity contribution in [3.8, 4) is 0 Å². The van der Waals surface area contributed by atoms with Crippen molar-refractivity contribution in [3.05, 3.63) is 48.6 Å². The maximum Gasteiger partial charge on any atom is 0.472 e. The summed E-state index contributed by atoms with van der Waals surface area (Å²) in [4.78, 5) is 37.4. The van der Waals surface area contributed by atoms with Gasteiger partial charge in [0.1, 0.15) is 19.3 Å². The van der Waals surface area contributed by atoms with Crippen molar-refractivity contribution in [1.29, 1.82) is 0 Å². The average molecular weight is 922 g/mol. The van der Waals surface area contributed by atoms with E-state index in [1.165, 1.54) is 109 Å². The molecule has 0 fully saturated rings. The third-order valence-electron chi connectivity index (χ3n) is 11.5. The molecule has 0 heterocycles. The Morgan fingerprint density at radius 3 is 1.50 bits per heavy atom. The Morgan fingerprint density at radius 1 is 0.562 bits per heavy atom. The second-order valence-corrected chi connectivity index (χ2v) is 20.5. The summed E-state index contributed by atoms with van der Waals surface area (Å²) in [6.45, 7) is 6.87. The van der Waals surface area contributed by atoms with Crippen LogP contribution >= 0.6 is 7.82 Å². The van der Waals surface area contributed by atoms with Crippen LogP contribution < -0.4 is 5.32 Å². The molecule has 64 heavy (non-hydrogen) atoms. The topological polar surface area (TPSA) is 111 Å². The van der Waals surface area contributed by atoms with E-state index in [1.54, 1.807) is 0 Å². The Labute approximate surface area is 395 Å². The van der Waals surface area contributed by atoms with Crippen LogP contribution in [0.4, 0.5) is 0 Å². The van der Waals surface area contributed by atoms with Gasteiger partial charge in [-0.25, -0.2) is 4.57 Å². The fourth-order valence-electron chi connectivity index (χ4n) is 7.42. The van der Waals surface area contributed by atoms with Gasteiger partial charge in [-0.15, -0.1) is 0 Å². The van der Waals surface area contributed by atoms with E-state index in [1.807, 2.05) is 33.3 Å². The number of nitrogens with zero attached hydrogens (tertiary/aromatic N) is 1. The van der Waals surface area contributed by atoms with Crippen LogP contribution in [0.2, 0.25) is 0 Å². The van der Waals surface area contributed by atoms with Gasteiger partial charge in [-0.2, -0.15) is 0 Å². The average Bonchev–Trinajstić information content (AvgIpc) is 3.25. The van der Waals surface area contributed by atoms with Gasteiger partial charge in [0, 0.05) is 12.8 Å². The summed E-state index contributed by atoms with van der Waals surface area (Å²) in [6, 6.07) is -0.855. The lowest BCUT2D eigenvalue weighted by atomic mass is 10.0. The van der Waals surface area contributed by atoms with E-state index in [0.29, 0.717) is 17.4 Å². The summed E-state index contributed by atoms with van der Waals surface area (Å²) >= 11 is 0. The van der Waals surface area contributed by atoms with Crippen molar-refractivity contribution >= 4 is 19.7 Å². The molecule has 2 N–H and O–H groups in total. The van der Waals surface area contributed by atoms with E-state index in [0.717, 1.165) is 89.9 Å². The van der Waals surface area contributed by atoms with Gasteiger partial charge < -0.3 is 19.4 Å². The van der Waals surface area contributed by atoms with Crippen LogP contribution in [-0.4, -0.2) is 74.3 Å². The molecule has 0 aliphatic rings. The van der Waals surface area contributed by atoms with Crippen molar-refractivity contribution in [1.82, 2.24) is 5.32 Å². The maximum absolute atomic E-state index is 13.4. The largest absolute Gasteiger partial charge is 0.472 e. The summed E-state index contributed by atoms with van der Waals surface area (Å²) in [6.07, 6.45) is 52.4. The SMILES string of the molecule is CC/C=C/C/C=C/C/C=C/CCCCCCC(=O)NC(COP(=O)(O)OCC[N+](C)(C)C)C(/C=C/CCCCCCCCCCCCC)OC(=O)CCCCCCCCCCCCC. The zero-order valence-corrected chi connectivity index (χ0v) is 43.4. The van der Waals surface area contributed by atoms with E-state index < -0.39 is 20.0 Å². The number of amides is 1. The molecule has 0 saturated heterocycles. The van der Waals surface area contributed by atoms with Crippen molar-refractivity contribution in [2.45, 2.75) is 245 Å². The highest BCUT2D eigenvalue weighted by Crippen LogP contribution is 2.43. The number of carbonyl (C=O) groups is 2. The Morgan fingerprint density at radius 2 is 1.00 bits per heavy atom. The lowest BCUT2D eigenvalue weighted by Gasteiger charge is -2.27. The second-order valence-electron chi connectivity index (χ2n) is 19.0. The molecule has 1 amide bonds. The first-order valence-electron chi connectivity index (χ1n) is 26.5. The van der Waals surface area contributed by atoms with Crippen LogP contribution in [0.25, 0.3) is 0 Å². The highest BCUT2D eigenvalue weighted by molar-refractivity contribution is 7.47. The molecule has 0 radical (unpaired) electrons. The summed E-state index contributed by atoms with van der Waals surface area (Å²) in [7, 11) is 1.48. The van der Waals surface area contributed by atoms with E-state index in [2.05, 4.69) is 62.5 Å². The third kappa shape index (κ3) is 45.1. The first-order valence-corrected chi connectivity index (χ1v) is 28.0. The number of quaternary nitrogens is 1. The zero-order chi connectivity index (χ0) is 47.3. The normalized spacial score (nSPS) is 14.3. The number of hydrogen-bond donors (Lipinski definition) is 2. The molecular weight excluding hydrogens is 820 g/mol. The van der Waals surface area contributed by atoms with E-state index >= 15 is 0 Å². The minimum atomic E-state index is -4.44. The summed E-state index contributed by atoms with van der Waals surface area (Å²) in [5, 5.41) is 3.03. The number of likely N-dealkylation sites (N-methyl/N-ethyl adjacent to an activating group) is 1. The number of nitrogens with one attached hydrogen (secondary N) is 1. The molecule has 0 aromatic carbocycles. The fourth-order valence-corrected chi connectivity index (χ4v) is 8.16. The molecule has 0 aliphatic carbocycles. The molecular formula is C54H102N2O7P+. The molecule has 0 bridgehead atoms. The summed E-state index contributed by atoms with van der Waals surface area (Å²) in [5.74, 6) is -0.530. The third-order valence-corrected chi connectivity index (χ3v) is 12.5. The number of phosphoric ester groups is 1. The quantitative estimate of drug-likeness (QED) is 0.0206. The molecule has 0 spiro atoms. The van der Waals surface area contributed by atoms with E-state index in [9.17, 15) is 19.0 Å². The van der Waals surface area contributed by atoms with Crippen LogP contribution in [0.5, 0.6) is 0 Å². The number of esters is 1. The Bertz CT molecular complexity index is 1240. The molecule has 10 heteroatoms. The van der Waals surface area contributed by atoms with Gasteiger partial charge in [0.2, 0.25) is 5.91 Å². The lowest BCUT2D eigenvalue weighted by Crippen LogP contribution is -2.47. The van der Waals surface area contributed by atoms with E-state index in [4.69, 9.17) is 13.8 Å². The van der Waals surface area contributed by atoms with Crippen LogP contribution in [0.3, 0.4) is 0 Å². The van der Waals surface area contributed by atoms with Gasteiger partial charge in [0.25, 0.3) is 0 Å². The highest BCUT2D eigenvalue weighted by atomic mass is 31.2. The van der Waals surface area contributed by atoms with Crippen molar-refractivity contribution in [3.63, 3.8) is 0 Å². The van der Waals surface area contributed by atoms with Gasteiger partial charge in [-0.3, -0.25) is 18.6 Å². The first-order chi connectivity index (χ1) is 30.9. The molecule has 374 valence electrons. The molecule has 0 aliphatic heterocycles. The molecule has 9 nitrogen and oxygen atoms in total.